The van der Waals surface area contributed by atoms with Crippen molar-refractivity contribution in [3.8, 4) is 17.0 Å². The van der Waals surface area contributed by atoms with Gasteiger partial charge in [-0.25, -0.2) is 8.78 Å². The number of benzene rings is 4. The van der Waals surface area contributed by atoms with Crippen LogP contribution in [-0.2, 0) is 35.6 Å². The van der Waals surface area contributed by atoms with E-state index in [2.05, 4.69) is 11.0 Å². The molecule has 1 N–H and O–H groups in total. The van der Waals surface area contributed by atoms with E-state index in [1.54, 1.807) is 37.3 Å². The van der Waals surface area contributed by atoms with E-state index in [9.17, 15) is 19.1 Å². The highest BCUT2D eigenvalue weighted by atomic mass is 35.5. The van der Waals surface area contributed by atoms with Crippen molar-refractivity contribution in [1.82, 2.24) is 14.4 Å². The Morgan fingerprint density at radius 1 is 0.833 bits per heavy atom. The van der Waals surface area contributed by atoms with Crippen molar-refractivity contribution in [3.05, 3.63) is 136 Å². The summed E-state index contributed by atoms with van der Waals surface area (Å²) in [6, 6.07) is 24.6. The summed E-state index contributed by atoms with van der Waals surface area (Å²) in [5, 5.41) is 10.0. The van der Waals surface area contributed by atoms with Crippen LogP contribution < -0.4 is 4.90 Å². The second-order valence-corrected chi connectivity index (χ2v) is 13.8. The number of hydrogen-bond donors (Lipinski definition) is 1. The molecular formula is C42H41ClF2N4O5. The lowest BCUT2D eigenvalue weighted by Gasteiger charge is -2.40. The number of nitrogens with zero attached hydrogens (tertiary/aromatic N) is 4. The molecule has 5 aromatic rings. The zero-order valence-corrected chi connectivity index (χ0v) is 30.7. The summed E-state index contributed by atoms with van der Waals surface area (Å²) < 4.78 is 43.6. The number of carbonyl (C=O) groups excluding carboxylic acids is 2. The van der Waals surface area contributed by atoms with E-state index in [0.717, 1.165) is 18.7 Å². The molecule has 12 heteroatoms. The average molecular weight is 755 g/mol. The molecule has 0 radical (unpaired) electrons. The summed E-state index contributed by atoms with van der Waals surface area (Å²) in [5.41, 5.74) is 5.47. The summed E-state index contributed by atoms with van der Waals surface area (Å²) in [7, 11) is 0. The van der Waals surface area contributed by atoms with E-state index in [0.29, 0.717) is 85.3 Å². The predicted molar refractivity (Wildman–Crippen MR) is 204 cm³/mol. The molecule has 0 aliphatic carbocycles. The molecule has 9 nitrogen and oxygen atoms in total. The quantitative estimate of drug-likeness (QED) is 0.188. The second kappa shape index (κ2) is 15.7. The van der Waals surface area contributed by atoms with Crippen molar-refractivity contribution in [3.63, 3.8) is 0 Å². The molecule has 280 valence electrons. The molecule has 3 aliphatic rings. The maximum absolute atomic E-state index is 15.3. The molecule has 2 amide bonds. The zero-order valence-electron chi connectivity index (χ0n) is 29.8. The third-order valence-corrected chi connectivity index (χ3v) is 10.5. The maximum atomic E-state index is 15.3. The Hall–Kier alpha value is -5.07. The topological polar surface area (TPSA) is 87.5 Å². The number of halogens is 3. The minimum absolute atomic E-state index is 0. The summed E-state index contributed by atoms with van der Waals surface area (Å²) in [6.07, 6.45) is 0.693. The number of fused-ring (bicyclic) bond motifs is 2. The SMILES string of the molecule is Cc1ccc(N(C(=O)c2cc(-c3cc(F)ccc3C(=O)N3Cc4ccccc4C[C@H]3CN3CCOCC3)n3c2COCC3)c2ccc(O)cc2)cc1F.Cl. The smallest absolute Gasteiger partial charge is 0.264 e. The number of morpholine rings is 1. The Bertz CT molecular complexity index is 2190. The van der Waals surface area contributed by atoms with Crippen LogP contribution in [-0.4, -0.2) is 76.8 Å². The number of aromatic nitrogens is 1. The molecule has 1 fully saturated rings. The molecule has 1 saturated heterocycles. The fourth-order valence-corrected chi connectivity index (χ4v) is 7.70. The zero-order chi connectivity index (χ0) is 36.6. The molecule has 1 aromatic heterocycles. The fraction of sp³-hybridized carbons (Fsp3) is 0.286. The first kappa shape index (κ1) is 37.3. The van der Waals surface area contributed by atoms with Crippen molar-refractivity contribution in [2.45, 2.75) is 39.1 Å². The Balaban J connectivity index is 0.00000450. The maximum Gasteiger partial charge on any atom is 0.264 e. The molecule has 4 aromatic carbocycles. The molecule has 1 atom stereocenters. The number of aromatic hydroxyl groups is 1. The lowest BCUT2D eigenvalue weighted by Crippen LogP contribution is -2.52. The lowest BCUT2D eigenvalue weighted by atomic mass is 9.92. The predicted octanol–water partition coefficient (Wildman–Crippen LogP) is 7.28. The first-order valence-electron chi connectivity index (χ1n) is 17.9. The van der Waals surface area contributed by atoms with Crippen molar-refractivity contribution in [2.24, 2.45) is 0 Å². The number of aryl methyl sites for hydroxylation is 1. The Labute approximate surface area is 318 Å². The molecular weight excluding hydrogens is 714 g/mol. The second-order valence-electron chi connectivity index (χ2n) is 13.8. The van der Waals surface area contributed by atoms with Gasteiger partial charge in [0, 0.05) is 55.6 Å². The number of rotatable bonds is 7. The highest BCUT2D eigenvalue weighted by Gasteiger charge is 2.35. The van der Waals surface area contributed by atoms with Crippen LogP contribution in [0.15, 0.2) is 91.0 Å². The van der Waals surface area contributed by atoms with Gasteiger partial charge in [0.2, 0.25) is 0 Å². The highest BCUT2D eigenvalue weighted by molar-refractivity contribution is 6.12. The van der Waals surface area contributed by atoms with Gasteiger partial charge in [0.15, 0.2) is 0 Å². The van der Waals surface area contributed by atoms with Crippen molar-refractivity contribution < 1.29 is 33.0 Å². The number of phenols is 1. The number of amides is 2. The van der Waals surface area contributed by atoms with Crippen molar-refractivity contribution >= 4 is 35.6 Å². The van der Waals surface area contributed by atoms with E-state index in [1.165, 1.54) is 46.9 Å². The van der Waals surface area contributed by atoms with Gasteiger partial charge in [0.1, 0.15) is 17.4 Å². The van der Waals surface area contributed by atoms with E-state index in [4.69, 9.17) is 9.47 Å². The number of carbonyl (C=O) groups is 2. The average Bonchev–Trinajstić information content (AvgIpc) is 3.56. The van der Waals surface area contributed by atoms with Gasteiger partial charge in [-0.1, -0.05) is 30.3 Å². The normalized spacial score (nSPS) is 16.9. The first-order valence-corrected chi connectivity index (χ1v) is 17.9. The summed E-state index contributed by atoms with van der Waals surface area (Å²) in [4.78, 5) is 35.2. The number of anilines is 2. The van der Waals surface area contributed by atoms with Gasteiger partial charge in [-0.2, -0.15) is 0 Å². The molecule has 0 unspecified atom stereocenters. The van der Waals surface area contributed by atoms with Crippen LogP contribution >= 0.6 is 12.4 Å². The minimum Gasteiger partial charge on any atom is -0.508 e. The molecule has 0 spiro atoms. The summed E-state index contributed by atoms with van der Waals surface area (Å²) in [6.45, 7) is 6.44. The van der Waals surface area contributed by atoms with Crippen molar-refractivity contribution in [2.75, 3.05) is 44.4 Å². The van der Waals surface area contributed by atoms with Gasteiger partial charge < -0.3 is 24.0 Å². The number of phenolic OH excluding ortho intramolecular Hbond substituents is 1. The van der Waals surface area contributed by atoms with Crippen LogP contribution in [0.1, 0.15) is 43.1 Å². The standard InChI is InChI=1S/C42H40F2N4O5.ClH/c1-27-6-8-32(22-38(27)44)48(31-9-11-34(49)12-10-31)42(51)37-23-39(46-16-19-53-26-40(37)46)36-21-30(43)7-13-35(36)41(50)47-24-29-5-3-2-4-28(29)20-33(47)25-45-14-17-52-18-15-45;/h2-13,21-23,33,49H,14-20,24-26H2,1H3;1H/t33-;/m0./s1. The van der Waals surface area contributed by atoms with Crippen LogP contribution in [0.5, 0.6) is 5.75 Å². The van der Waals surface area contributed by atoms with Gasteiger partial charge in [0.25, 0.3) is 11.8 Å². The van der Waals surface area contributed by atoms with E-state index in [1.807, 2.05) is 27.7 Å². The third kappa shape index (κ3) is 7.24. The van der Waals surface area contributed by atoms with Gasteiger partial charge in [-0.15, -0.1) is 12.4 Å². The first-order chi connectivity index (χ1) is 25.7. The van der Waals surface area contributed by atoms with Crippen LogP contribution in [0.2, 0.25) is 0 Å². The molecule has 8 rings (SSSR count). The monoisotopic (exact) mass is 754 g/mol. The van der Waals surface area contributed by atoms with Crippen LogP contribution in [0, 0.1) is 18.6 Å². The molecule has 0 bridgehead atoms. The molecule has 3 aliphatic heterocycles. The summed E-state index contributed by atoms with van der Waals surface area (Å²) in [5.74, 6) is -1.66. The lowest BCUT2D eigenvalue weighted by molar-refractivity contribution is 0.0193. The van der Waals surface area contributed by atoms with E-state index in [-0.39, 0.29) is 42.3 Å². The Morgan fingerprint density at radius 3 is 2.31 bits per heavy atom. The molecule has 0 saturated carbocycles. The Kier molecular flexibility index (Phi) is 10.8. The minimum atomic E-state index is -0.512. The van der Waals surface area contributed by atoms with Crippen LogP contribution in [0.4, 0.5) is 20.2 Å². The van der Waals surface area contributed by atoms with Gasteiger partial charge >= 0.3 is 0 Å². The fourth-order valence-electron chi connectivity index (χ4n) is 7.70. The van der Waals surface area contributed by atoms with Crippen LogP contribution in [0.25, 0.3) is 11.3 Å². The van der Waals surface area contributed by atoms with Gasteiger partial charge in [0.05, 0.1) is 49.1 Å². The summed E-state index contributed by atoms with van der Waals surface area (Å²) >= 11 is 0. The Morgan fingerprint density at radius 2 is 1.56 bits per heavy atom. The van der Waals surface area contributed by atoms with Gasteiger partial charge in [-0.05, 0) is 90.7 Å². The highest BCUT2D eigenvalue weighted by Crippen LogP contribution is 2.37. The third-order valence-electron chi connectivity index (χ3n) is 10.5. The van der Waals surface area contributed by atoms with Gasteiger partial charge in [-0.3, -0.25) is 19.4 Å². The van der Waals surface area contributed by atoms with Crippen LogP contribution in [0.3, 0.4) is 0 Å². The number of hydrogen-bond acceptors (Lipinski definition) is 6. The largest absolute Gasteiger partial charge is 0.508 e. The van der Waals surface area contributed by atoms with E-state index < -0.39 is 17.5 Å². The van der Waals surface area contributed by atoms with E-state index >= 15 is 4.39 Å². The molecule has 4 heterocycles. The number of ether oxygens (including phenoxy) is 2. The van der Waals surface area contributed by atoms with Crippen molar-refractivity contribution in [1.29, 1.82) is 0 Å². The molecule has 54 heavy (non-hydrogen) atoms.